The van der Waals surface area contributed by atoms with Gasteiger partial charge >= 0.3 is 0 Å². The zero-order valence-electron chi connectivity index (χ0n) is 9.72. The summed E-state index contributed by atoms with van der Waals surface area (Å²) in [4.78, 5) is 2.53. The molecule has 0 aliphatic carbocycles. The molecule has 1 heterocycles. The summed E-state index contributed by atoms with van der Waals surface area (Å²) in [6.07, 6.45) is 0. The van der Waals surface area contributed by atoms with Crippen molar-refractivity contribution in [3.63, 3.8) is 0 Å². The first-order valence-electron chi connectivity index (χ1n) is 5.80. The molecule has 0 radical (unpaired) electrons. The fourth-order valence-corrected chi connectivity index (χ4v) is 3.06. The van der Waals surface area contributed by atoms with Crippen LogP contribution in [0.2, 0.25) is 0 Å². The molecular formula is C13H19NOS. The Kier molecular flexibility index (Phi) is 4.27. The maximum absolute atomic E-state index is 8.98. The van der Waals surface area contributed by atoms with Gasteiger partial charge in [-0.2, -0.15) is 11.8 Å². The van der Waals surface area contributed by atoms with Gasteiger partial charge in [-0.3, -0.25) is 4.90 Å². The van der Waals surface area contributed by atoms with E-state index in [-0.39, 0.29) is 6.61 Å². The smallest absolute Gasteiger partial charge is 0.0681 e. The van der Waals surface area contributed by atoms with Gasteiger partial charge in [-0.05, 0) is 18.1 Å². The number of hydrogen-bond acceptors (Lipinski definition) is 3. The van der Waals surface area contributed by atoms with E-state index in [4.69, 9.17) is 5.11 Å². The minimum absolute atomic E-state index is 0.136. The van der Waals surface area contributed by atoms with Crippen LogP contribution in [0.3, 0.4) is 0 Å². The molecule has 1 aromatic rings. The number of thioether (sulfide) groups is 1. The molecule has 88 valence electrons. The highest BCUT2D eigenvalue weighted by Gasteiger charge is 2.18. The van der Waals surface area contributed by atoms with Crippen LogP contribution in [0.4, 0.5) is 0 Å². The van der Waals surface area contributed by atoms with Crippen molar-refractivity contribution in [3.8, 4) is 0 Å². The predicted octanol–water partition coefficient (Wildman–Crippen LogP) is 2.12. The third-order valence-corrected chi connectivity index (χ3v) is 4.29. The van der Waals surface area contributed by atoms with Crippen molar-refractivity contribution in [2.45, 2.75) is 26.1 Å². The number of hydrogen-bond donors (Lipinski definition) is 1. The van der Waals surface area contributed by atoms with Gasteiger partial charge in [0.25, 0.3) is 0 Å². The minimum atomic E-state index is 0.136. The summed E-state index contributed by atoms with van der Waals surface area (Å²) in [5, 5.41) is 8.98. The molecule has 0 spiro atoms. The van der Waals surface area contributed by atoms with Crippen molar-refractivity contribution < 1.29 is 5.11 Å². The molecule has 0 bridgehead atoms. The molecule has 2 nitrogen and oxygen atoms in total. The third kappa shape index (κ3) is 3.00. The van der Waals surface area contributed by atoms with Crippen LogP contribution in [0, 0.1) is 0 Å². The van der Waals surface area contributed by atoms with Crippen molar-refractivity contribution in [2.75, 3.05) is 18.1 Å². The van der Waals surface area contributed by atoms with Crippen molar-refractivity contribution in [2.24, 2.45) is 0 Å². The molecule has 1 atom stereocenters. The molecule has 1 aliphatic rings. The molecule has 0 aromatic heterocycles. The molecule has 1 N–H and O–H groups in total. The lowest BCUT2D eigenvalue weighted by Gasteiger charge is -2.32. The second kappa shape index (κ2) is 5.71. The lowest BCUT2D eigenvalue weighted by Crippen LogP contribution is -2.39. The Balaban J connectivity index is 1.96. The average Bonchev–Trinajstić information content (AvgIpc) is 2.33. The summed E-state index contributed by atoms with van der Waals surface area (Å²) >= 11 is 2.05. The standard InChI is InChI=1S/C13H19NOS/c1-11-10-16-7-6-14(11)8-12-2-4-13(9-15)5-3-12/h2-5,11,15H,6-10H2,1H3. The number of aliphatic hydroxyl groups excluding tert-OH is 1. The average molecular weight is 237 g/mol. The Morgan fingerprint density at radius 1 is 1.31 bits per heavy atom. The van der Waals surface area contributed by atoms with Crippen LogP contribution in [0.5, 0.6) is 0 Å². The number of nitrogens with zero attached hydrogens (tertiary/aromatic N) is 1. The van der Waals surface area contributed by atoms with E-state index in [2.05, 4.69) is 24.0 Å². The Morgan fingerprint density at radius 3 is 2.62 bits per heavy atom. The van der Waals surface area contributed by atoms with E-state index in [0.717, 1.165) is 12.1 Å². The summed E-state index contributed by atoms with van der Waals surface area (Å²) in [5.74, 6) is 2.49. The van der Waals surface area contributed by atoms with E-state index in [9.17, 15) is 0 Å². The molecule has 1 aromatic carbocycles. The van der Waals surface area contributed by atoms with E-state index in [1.165, 1.54) is 23.6 Å². The van der Waals surface area contributed by atoms with Gasteiger partial charge in [0.2, 0.25) is 0 Å². The molecule has 1 fully saturated rings. The highest BCUT2D eigenvalue weighted by atomic mass is 32.2. The molecule has 3 heteroatoms. The maximum Gasteiger partial charge on any atom is 0.0681 e. The number of benzene rings is 1. The van der Waals surface area contributed by atoms with E-state index in [0.29, 0.717) is 6.04 Å². The molecular weight excluding hydrogens is 218 g/mol. The monoisotopic (exact) mass is 237 g/mol. The first-order valence-corrected chi connectivity index (χ1v) is 6.95. The Hall–Kier alpha value is -0.510. The highest BCUT2D eigenvalue weighted by molar-refractivity contribution is 7.99. The molecule has 0 saturated carbocycles. The summed E-state index contributed by atoms with van der Waals surface area (Å²) in [7, 11) is 0. The Labute approximate surface area is 102 Å². The van der Waals surface area contributed by atoms with Gasteiger partial charge < -0.3 is 5.11 Å². The highest BCUT2D eigenvalue weighted by Crippen LogP contribution is 2.18. The van der Waals surface area contributed by atoms with Gasteiger partial charge in [0, 0.05) is 30.6 Å². The lowest BCUT2D eigenvalue weighted by atomic mass is 10.1. The van der Waals surface area contributed by atoms with E-state index in [1.54, 1.807) is 0 Å². The van der Waals surface area contributed by atoms with Gasteiger partial charge in [0.1, 0.15) is 0 Å². The van der Waals surface area contributed by atoms with E-state index >= 15 is 0 Å². The quantitative estimate of drug-likeness (QED) is 0.871. The molecule has 1 unspecified atom stereocenters. The lowest BCUT2D eigenvalue weighted by molar-refractivity contribution is 0.224. The van der Waals surface area contributed by atoms with Crippen LogP contribution < -0.4 is 0 Å². The van der Waals surface area contributed by atoms with Crippen LogP contribution >= 0.6 is 11.8 Å². The second-order valence-electron chi connectivity index (χ2n) is 4.37. The third-order valence-electron chi connectivity index (χ3n) is 3.10. The summed E-state index contributed by atoms with van der Waals surface area (Å²) in [5.41, 5.74) is 2.34. The van der Waals surface area contributed by atoms with Crippen molar-refractivity contribution in [1.82, 2.24) is 4.90 Å². The van der Waals surface area contributed by atoms with Gasteiger partial charge in [0.05, 0.1) is 6.61 Å². The topological polar surface area (TPSA) is 23.5 Å². The molecule has 1 aliphatic heterocycles. The van der Waals surface area contributed by atoms with Crippen LogP contribution in [-0.4, -0.2) is 34.1 Å². The summed E-state index contributed by atoms with van der Waals surface area (Å²) in [6.45, 7) is 4.66. The van der Waals surface area contributed by atoms with Crippen molar-refractivity contribution in [3.05, 3.63) is 35.4 Å². The SMILES string of the molecule is CC1CSCCN1Cc1ccc(CO)cc1. The molecule has 0 amide bonds. The van der Waals surface area contributed by atoms with Gasteiger partial charge in [-0.1, -0.05) is 24.3 Å². The van der Waals surface area contributed by atoms with Crippen molar-refractivity contribution in [1.29, 1.82) is 0 Å². The maximum atomic E-state index is 8.98. The largest absolute Gasteiger partial charge is 0.392 e. The van der Waals surface area contributed by atoms with Crippen LogP contribution in [0.15, 0.2) is 24.3 Å². The molecule has 1 saturated heterocycles. The summed E-state index contributed by atoms with van der Waals surface area (Å²) < 4.78 is 0. The van der Waals surface area contributed by atoms with E-state index in [1.807, 2.05) is 23.9 Å². The number of rotatable bonds is 3. The van der Waals surface area contributed by atoms with Crippen LogP contribution in [0.1, 0.15) is 18.1 Å². The second-order valence-corrected chi connectivity index (χ2v) is 5.52. The summed E-state index contributed by atoms with van der Waals surface area (Å²) in [6, 6.07) is 8.95. The predicted molar refractivity (Wildman–Crippen MR) is 69.6 cm³/mol. The molecule has 16 heavy (non-hydrogen) atoms. The van der Waals surface area contributed by atoms with Crippen LogP contribution in [-0.2, 0) is 13.2 Å². The van der Waals surface area contributed by atoms with E-state index < -0.39 is 0 Å². The fraction of sp³-hybridized carbons (Fsp3) is 0.538. The zero-order chi connectivity index (χ0) is 11.4. The van der Waals surface area contributed by atoms with Crippen molar-refractivity contribution >= 4 is 11.8 Å². The Morgan fingerprint density at radius 2 is 2.00 bits per heavy atom. The Bertz CT molecular complexity index is 325. The first kappa shape index (κ1) is 12.0. The van der Waals surface area contributed by atoms with Gasteiger partial charge in [-0.25, -0.2) is 0 Å². The van der Waals surface area contributed by atoms with Gasteiger partial charge in [-0.15, -0.1) is 0 Å². The molecule has 2 rings (SSSR count). The minimum Gasteiger partial charge on any atom is -0.392 e. The number of aliphatic hydroxyl groups is 1. The first-order chi connectivity index (χ1) is 7.79. The van der Waals surface area contributed by atoms with Crippen LogP contribution in [0.25, 0.3) is 0 Å². The fourth-order valence-electron chi connectivity index (χ4n) is 1.98. The van der Waals surface area contributed by atoms with Gasteiger partial charge in [0.15, 0.2) is 0 Å². The normalized spacial score (nSPS) is 22.2. The zero-order valence-corrected chi connectivity index (χ0v) is 10.5.